The van der Waals surface area contributed by atoms with Crippen LogP contribution in [-0.4, -0.2) is 61.5 Å². The predicted octanol–water partition coefficient (Wildman–Crippen LogP) is 1.29. The standard InChI is InChI=1S/C16H27N3O2/c1-4-5-13-6-7-16(15(17-13)11-18(2)3)19-8-9-21-12-14(20)10-19/h6-7,14,20H,4-5,8-12H2,1-3H3. The molecule has 118 valence electrons. The Hall–Kier alpha value is -1.17. The van der Waals surface area contributed by atoms with Crippen LogP contribution in [0.25, 0.3) is 0 Å². The number of hydrogen-bond acceptors (Lipinski definition) is 5. The Morgan fingerprint density at radius 3 is 2.95 bits per heavy atom. The van der Waals surface area contributed by atoms with Crippen LogP contribution in [0.3, 0.4) is 0 Å². The summed E-state index contributed by atoms with van der Waals surface area (Å²) in [6.45, 7) is 5.45. The van der Waals surface area contributed by atoms with Gasteiger partial charge in [0.2, 0.25) is 0 Å². The van der Waals surface area contributed by atoms with Gasteiger partial charge < -0.3 is 19.6 Å². The molecule has 1 saturated heterocycles. The molecule has 1 atom stereocenters. The second-order valence-electron chi connectivity index (χ2n) is 5.93. The van der Waals surface area contributed by atoms with Gasteiger partial charge >= 0.3 is 0 Å². The fraction of sp³-hybridized carbons (Fsp3) is 0.688. The highest BCUT2D eigenvalue weighted by atomic mass is 16.5. The molecule has 2 rings (SSSR count). The monoisotopic (exact) mass is 293 g/mol. The zero-order valence-electron chi connectivity index (χ0n) is 13.4. The van der Waals surface area contributed by atoms with Gasteiger partial charge in [-0.2, -0.15) is 0 Å². The van der Waals surface area contributed by atoms with Crippen molar-refractivity contribution in [2.75, 3.05) is 45.3 Å². The third kappa shape index (κ3) is 4.66. The number of pyridine rings is 1. The Morgan fingerprint density at radius 2 is 2.24 bits per heavy atom. The van der Waals surface area contributed by atoms with Crippen molar-refractivity contribution in [3.8, 4) is 0 Å². The average molecular weight is 293 g/mol. The number of anilines is 1. The van der Waals surface area contributed by atoms with Gasteiger partial charge in [-0.1, -0.05) is 13.3 Å². The van der Waals surface area contributed by atoms with Crippen molar-refractivity contribution >= 4 is 5.69 Å². The van der Waals surface area contributed by atoms with Crippen LogP contribution in [0.2, 0.25) is 0 Å². The summed E-state index contributed by atoms with van der Waals surface area (Å²) in [4.78, 5) is 9.15. The number of aromatic nitrogens is 1. The second-order valence-corrected chi connectivity index (χ2v) is 5.93. The zero-order chi connectivity index (χ0) is 15.2. The maximum absolute atomic E-state index is 9.94. The van der Waals surface area contributed by atoms with Crippen LogP contribution in [0.5, 0.6) is 0 Å². The lowest BCUT2D eigenvalue weighted by atomic mass is 10.1. The third-order valence-corrected chi connectivity index (χ3v) is 3.57. The summed E-state index contributed by atoms with van der Waals surface area (Å²) in [5, 5.41) is 9.94. The minimum Gasteiger partial charge on any atom is -0.389 e. The molecule has 0 spiro atoms. The van der Waals surface area contributed by atoms with Gasteiger partial charge in [0.1, 0.15) is 0 Å². The van der Waals surface area contributed by atoms with Gasteiger partial charge in [-0.25, -0.2) is 0 Å². The highest BCUT2D eigenvalue weighted by molar-refractivity contribution is 5.51. The summed E-state index contributed by atoms with van der Waals surface area (Å²) >= 11 is 0. The molecule has 0 saturated carbocycles. The summed E-state index contributed by atoms with van der Waals surface area (Å²) in [5.74, 6) is 0. The van der Waals surface area contributed by atoms with Crippen molar-refractivity contribution in [1.82, 2.24) is 9.88 Å². The van der Waals surface area contributed by atoms with Gasteiger partial charge in [0.05, 0.1) is 30.7 Å². The number of hydrogen-bond donors (Lipinski definition) is 1. The molecular weight excluding hydrogens is 266 g/mol. The van der Waals surface area contributed by atoms with Crippen LogP contribution in [0.15, 0.2) is 12.1 Å². The first-order chi connectivity index (χ1) is 10.1. The fourth-order valence-electron chi connectivity index (χ4n) is 2.65. The molecule has 0 radical (unpaired) electrons. The SMILES string of the molecule is CCCc1ccc(N2CCOCC(O)C2)c(CN(C)C)n1. The van der Waals surface area contributed by atoms with Crippen LogP contribution < -0.4 is 4.90 Å². The molecular formula is C16H27N3O2. The van der Waals surface area contributed by atoms with Crippen LogP contribution in [0.4, 0.5) is 5.69 Å². The largest absolute Gasteiger partial charge is 0.389 e. The van der Waals surface area contributed by atoms with Crippen LogP contribution in [0.1, 0.15) is 24.7 Å². The van der Waals surface area contributed by atoms with E-state index in [4.69, 9.17) is 9.72 Å². The topological polar surface area (TPSA) is 48.8 Å². The van der Waals surface area contributed by atoms with Gasteiger partial charge in [-0.05, 0) is 32.6 Å². The van der Waals surface area contributed by atoms with Gasteiger partial charge in [-0.3, -0.25) is 4.98 Å². The number of aryl methyl sites for hydroxylation is 1. The number of ether oxygens (including phenoxy) is 1. The Labute approximate surface area is 127 Å². The molecule has 0 aromatic carbocycles. The van der Waals surface area contributed by atoms with Crippen molar-refractivity contribution in [2.24, 2.45) is 0 Å². The number of β-amino-alcohol motifs (C(OH)–C–C–N with tert-alkyl or cyclic N) is 1. The van der Waals surface area contributed by atoms with Crippen molar-refractivity contribution in [3.05, 3.63) is 23.5 Å². The van der Waals surface area contributed by atoms with Crippen molar-refractivity contribution in [1.29, 1.82) is 0 Å². The number of aliphatic hydroxyl groups is 1. The molecule has 0 aliphatic carbocycles. The molecule has 0 amide bonds. The molecule has 1 aliphatic heterocycles. The summed E-state index contributed by atoms with van der Waals surface area (Å²) in [7, 11) is 4.11. The summed E-state index contributed by atoms with van der Waals surface area (Å²) < 4.78 is 5.42. The molecule has 0 bridgehead atoms. The summed E-state index contributed by atoms with van der Waals surface area (Å²) in [6.07, 6.45) is 1.67. The highest BCUT2D eigenvalue weighted by Gasteiger charge is 2.20. The van der Waals surface area contributed by atoms with Crippen LogP contribution in [-0.2, 0) is 17.7 Å². The van der Waals surface area contributed by atoms with E-state index in [9.17, 15) is 5.11 Å². The number of aliphatic hydroxyl groups excluding tert-OH is 1. The van der Waals surface area contributed by atoms with Crippen molar-refractivity contribution in [3.63, 3.8) is 0 Å². The maximum Gasteiger partial charge on any atom is 0.0948 e. The van der Waals surface area contributed by atoms with Crippen molar-refractivity contribution in [2.45, 2.75) is 32.4 Å². The molecule has 5 heteroatoms. The number of nitrogens with zero attached hydrogens (tertiary/aromatic N) is 3. The zero-order valence-corrected chi connectivity index (χ0v) is 13.4. The highest BCUT2D eigenvalue weighted by Crippen LogP contribution is 2.22. The molecule has 1 aromatic rings. The molecule has 1 unspecified atom stereocenters. The first-order valence-electron chi connectivity index (χ1n) is 7.74. The molecule has 21 heavy (non-hydrogen) atoms. The number of rotatable bonds is 5. The fourth-order valence-corrected chi connectivity index (χ4v) is 2.65. The van der Waals surface area contributed by atoms with Crippen molar-refractivity contribution < 1.29 is 9.84 Å². The van der Waals surface area contributed by atoms with E-state index >= 15 is 0 Å². The normalized spacial score (nSPS) is 19.9. The van der Waals surface area contributed by atoms with E-state index < -0.39 is 6.10 Å². The van der Waals surface area contributed by atoms with E-state index in [1.165, 1.54) is 0 Å². The van der Waals surface area contributed by atoms with E-state index in [1.807, 2.05) is 0 Å². The van der Waals surface area contributed by atoms with Gasteiger partial charge in [0, 0.05) is 25.3 Å². The van der Waals surface area contributed by atoms with Gasteiger partial charge in [-0.15, -0.1) is 0 Å². The van der Waals surface area contributed by atoms with E-state index in [0.29, 0.717) is 19.8 Å². The molecule has 1 N–H and O–H groups in total. The first-order valence-corrected chi connectivity index (χ1v) is 7.74. The third-order valence-electron chi connectivity index (χ3n) is 3.57. The molecule has 5 nitrogen and oxygen atoms in total. The Balaban J connectivity index is 2.26. The maximum atomic E-state index is 9.94. The minimum atomic E-state index is -0.435. The first kappa shape index (κ1) is 16.2. The lowest BCUT2D eigenvalue weighted by molar-refractivity contribution is 0.0597. The summed E-state index contributed by atoms with van der Waals surface area (Å²) in [6, 6.07) is 4.25. The minimum absolute atomic E-state index is 0.418. The predicted molar refractivity (Wildman–Crippen MR) is 84.7 cm³/mol. The Kier molecular flexibility index (Phi) is 5.96. The second kappa shape index (κ2) is 7.73. The van der Waals surface area contributed by atoms with E-state index in [1.54, 1.807) is 0 Å². The molecule has 2 heterocycles. The summed E-state index contributed by atoms with van der Waals surface area (Å²) in [5.41, 5.74) is 3.35. The van der Waals surface area contributed by atoms with Crippen LogP contribution in [0, 0.1) is 0 Å². The lowest BCUT2D eigenvalue weighted by Gasteiger charge is -2.27. The Morgan fingerprint density at radius 1 is 1.43 bits per heavy atom. The lowest BCUT2D eigenvalue weighted by Crippen LogP contribution is -2.34. The van der Waals surface area contributed by atoms with Crippen LogP contribution >= 0.6 is 0 Å². The quantitative estimate of drug-likeness (QED) is 0.886. The smallest absolute Gasteiger partial charge is 0.0948 e. The van der Waals surface area contributed by atoms with E-state index in [2.05, 4.69) is 43.0 Å². The van der Waals surface area contributed by atoms with Gasteiger partial charge in [0.15, 0.2) is 0 Å². The molecule has 1 aromatic heterocycles. The van der Waals surface area contributed by atoms with Gasteiger partial charge in [0.25, 0.3) is 0 Å². The molecule has 1 fully saturated rings. The van der Waals surface area contributed by atoms with E-state index in [0.717, 1.165) is 43.0 Å². The Bertz CT molecular complexity index is 451. The average Bonchev–Trinajstić information content (AvgIpc) is 2.63. The van der Waals surface area contributed by atoms with E-state index in [-0.39, 0.29) is 0 Å². The molecule has 1 aliphatic rings.